The van der Waals surface area contributed by atoms with Gasteiger partial charge in [-0.15, -0.1) is 22.7 Å². The molecular formula is C44H24N6S2. The van der Waals surface area contributed by atoms with Gasteiger partial charge >= 0.3 is 0 Å². The zero-order valence-corrected chi connectivity index (χ0v) is 29.0. The summed E-state index contributed by atoms with van der Waals surface area (Å²) in [5.41, 5.74) is 6.76. The highest BCUT2D eigenvalue weighted by Gasteiger charge is 2.22. The van der Waals surface area contributed by atoms with Crippen LogP contribution in [0.25, 0.3) is 97.3 Å². The quantitative estimate of drug-likeness (QED) is 0.178. The van der Waals surface area contributed by atoms with E-state index in [-0.39, 0.29) is 0 Å². The number of nitriles is 1. The second kappa shape index (κ2) is 12.3. The summed E-state index contributed by atoms with van der Waals surface area (Å²) in [5, 5.41) is 13.3. The molecule has 0 aliphatic rings. The van der Waals surface area contributed by atoms with E-state index in [9.17, 15) is 5.26 Å². The van der Waals surface area contributed by atoms with Gasteiger partial charge in [-0.05, 0) is 24.3 Å². The third kappa shape index (κ3) is 4.95. The fourth-order valence-corrected chi connectivity index (χ4v) is 9.20. The van der Waals surface area contributed by atoms with E-state index < -0.39 is 0 Å². The van der Waals surface area contributed by atoms with Gasteiger partial charge in [-0.2, -0.15) is 5.26 Å². The number of benzene rings is 6. The monoisotopic (exact) mass is 700 g/mol. The Morgan fingerprint density at radius 1 is 0.423 bits per heavy atom. The third-order valence-corrected chi connectivity index (χ3v) is 11.6. The lowest BCUT2D eigenvalue weighted by molar-refractivity contribution is 1.08. The summed E-state index contributed by atoms with van der Waals surface area (Å²) in [7, 11) is 0. The van der Waals surface area contributed by atoms with Gasteiger partial charge in [0.15, 0.2) is 23.3 Å². The topological polar surface area (TPSA) is 88.2 Å². The Bertz CT molecular complexity index is 2980. The molecule has 6 aromatic carbocycles. The summed E-state index contributed by atoms with van der Waals surface area (Å²) in [6.07, 6.45) is 0. The number of fused-ring (bicyclic) bond motifs is 6. The van der Waals surface area contributed by atoms with Crippen molar-refractivity contribution in [2.24, 2.45) is 0 Å². The lowest BCUT2D eigenvalue weighted by atomic mass is 10.0. The molecule has 10 aromatic rings. The van der Waals surface area contributed by atoms with Crippen molar-refractivity contribution < 1.29 is 0 Å². The maximum atomic E-state index is 10.1. The highest BCUT2D eigenvalue weighted by Crippen LogP contribution is 2.45. The van der Waals surface area contributed by atoms with E-state index in [1.807, 2.05) is 97.1 Å². The zero-order valence-electron chi connectivity index (χ0n) is 27.4. The predicted octanol–water partition coefficient (Wildman–Crippen LogP) is 11.6. The molecule has 8 heteroatoms. The van der Waals surface area contributed by atoms with Crippen molar-refractivity contribution >= 4 is 63.1 Å². The summed E-state index contributed by atoms with van der Waals surface area (Å²) in [6.45, 7) is 0. The molecule has 0 fully saturated rings. The van der Waals surface area contributed by atoms with Gasteiger partial charge in [0.25, 0.3) is 0 Å². The van der Waals surface area contributed by atoms with Crippen LogP contribution in [0.1, 0.15) is 5.56 Å². The SMILES string of the molecule is N#Cc1ccccc1-c1nc(-c2cccc3c2sc2cccc(-c4nc(-c5ccccc5)nc(-c5ccccc5)n4)c23)nc2c1sc1ccccc12. The third-order valence-electron chi connectivity index (χ3n) is 9.23. The number of nitrogens with zero attached hydrogens (tertiary/aromatic N) is 6. The maximum Gasteiger partial charge on any atom is 0.164 e. The number of rotatable bonds is 5. The molecule has 0 radical (unpaired) electrons. The molecule has 4 heterocycles. The highest BCUT2D eigenvalue weighted by molar-refractivity contribution is 7.26. The number of aromatic nitrogens is 5. The summed E-state index contributed by atoms with van der Waals surface area (Å²) in [4.78, 5) is 25.6. The molecule has 6 nitrogen and oxygen atoms in total. The normalized spacial score (nSPS) is 11.4. The maximum absolute atomic E-state index is 10.1. The fraction of sp³-hybridized carbons (Fsp3) is 0. The van der Waals surface area contributed by atoms with Gasteiger partial charge < -0.3 is 0 Å². The van der Waals surface area contributed by atoms with Crippen molar-refractivity contribution in [1.82, 2.24) is 24.9 Å². The molecule has 0 bridgehead atoms. The first kappa shape index (κ1) is 30.2. The van der Waals surface area contributed by atoms with E-state index in [1.54, 1.807) is 22.7 Å². The van der Waals surface area contributed by atoms with E-state index in [1.165, 1.54) is 0 Å². The summed E-state index contributed by atoms with van der Waals surface area (Å²) >= 11 is 3.37. The Hall–Kier alpha value is -6.66. The van der Waals surface area contributed by atoms with Gasteiger partial charge in [-0.1, -0.05) is 121 Å². The Balaban J connectivity index is 1.22. The zero-order chi connectivity index (χ0) is 34.6. The Morgan fingerprint density at radius 2 is 0.981 bits per heavy atom. The highest BCUT2D eigenvalue weighted by atomic mass is 32.1. The van der Waals surface area contributed by atoms with Crippen molar-refractivity contribution in [3.63, 3.8) is 0 Å². The molecule has 4 aromatic heterocycles. The first-order valence-corrected chi connectivity index (χ1v) is 18.4. The molecule has 0 aliphatic carbocycles. The smallest absolute Gasteiger partial charge is 0.164 e. The van der Waals surface area contributed by atoms with E-state index in [2.05, 4.69) is 54.6 Å². The molecule has 0 N–H and O–H groups in total. The van der Waals surface area contributed by atoms with Crippen LogP contribution in [0.5, 0.6) is 0 Å². The summed E-state index contributed by atoms with van der Waals surface area (Å²) in [6, 6.07) is 51.1. The van der Waals surface area contributed by atoms with Crippen LogP contribution in [-0.4, -0.2) is 24.9 Å². The predicted molar refractivity (Wildman–Crippen MR) is 213 cm³/mol. The Labute approximate surface area is 306 Å². The van der Waals surface area contributed by atoms with Gasteiger partial charge in [0.1, 0.15) is 0 Å². The van der Waals surface area contributed by atoms with Crippen LogP contribution >= 0.6 is 22.7 Å². The number of hydrogen-bond donors (Lipinski definition) is 0. The lowest BCUT2D eigenvalue weighted by Gasteiger charge is -2.10. The first-order chi connectivity index (χ1) is 25.7. The average molecular weight is 701 g/mol. The van der Waals surface area contributed by atoms with Gasteiger partial charge in [-0.3, -0.25) is 0 Å². The molecule has 52 heavy (non-hydrogen) atoms. The van der Waals surface area contributed by atoms with Crippen LogP contribution in [0.15, 0.2) is 146 Å². The van der Waals surface area contributed by atoms with E-state index in [4.69, 9.17) is 24.9 Å². The second-order valence-electron chi connectivity index (χ2n) is 12.3. The second-order valence-corrected chi connectivity index (χ2v) is 14.4. The van der Waals surface area contributed by atoms with Gasteiger partial charge in [0.2, 0.25) is 0 Å². The summed E-state index contributed by atoms with van der Waals surface area (Å²) < 4.78 is 4.28. The molecule has 0 unspecified atom stereocenters. The van der Waals surface area contributed by atoms with E-state index in [0.29, 0.717) is 28.9 Å². The van der Waals surface area contributed by atoms with Crippen LogP contribution in [0, 0.1) is 11.3 Å². The van der Waals surface area contributed by atoms with Crippen LogP contribution in [0.4, 0.5) is 0 Å². The standard InChI is InChI=1S/C44H24N6S2/c45-25-28-17-7-8-18-29(28)37-40-38(30-19-9-10-23-34(30)51-40)47-44(46-37)33-22-11-20-31-36-32(21-12-24-35(36)52-39(31)33)43-49-41(26-13-3-1-4-14-26)48-42(50-43)27-15-5-2-6-16-27/h1-24H. The molecular weight excluding hydrogens is 677 g/mol. The fourth-order valence-electron chi connectivity index (χ4n) is 6.82. The lowest BCUT2D eigenvalue weighted by Crippen LogP contribution is -2.00. The van der Waals surface area contributed by atoms with Crippen LogP contribution < -0.4 is 0 Å². The van der Waals surface area contributed by atoms with Gasteiger partial charge in [-0.25, -0.2) is 24.9 Å². The van der Waals surface area contributed by atoms with Gasteiger partial charge in [0.05, 0.1) is 27.5 Å². The molecule has 0 saturated heterocycles. The van der Waals surface area contributed by atoms with Crippen LogP contribution in [0.3, 0.4) is 0 Å². The minimum atomic E-state index is 0.581. The minimum Gasteiger partial charge on any atom is -0.226 e. The molecule has 0 aliphatic heterocycles. The van der Waals surface area contributed by atoms with Gasteiger partial charge in [0, 0.05) is 58.1 Å². The molecule has 0 saturated carbocycles. The van der Waals surface area contributed by atoms with Crippen molar-refractivity contribution in [1.29, 1.82) is 5.26 Å². The van der Waals surface area contributed by atoms with Crippen molar-refractivity contribution in [2.75, 3.05) is 0 Å². The van der Waals surface area contributed by atoms with E-state index >= 15 is 0 Å². The van der Waals surface area contributed by atoms with Crippen molar-refractivity contribution in [2.45, 2.75) is 0 Å². The Kier molecular flexibility index (Phi) is 7.13. The molecule has 10 rings (SSSR count). The molecule has 242 valence electrons. The average Bonchev–Trinajstić information content (AvgIpc) is 3.80. The van der Waals surface area contributed by atoms with Crippen LogP contribution in [-0.2, 0) is 0 Å². The first-order valence-electron chi connectivity index (χ1n) is 16.7. The molecule has 0 spiro atoms. The summed E-state index contributed by atoms with van der Waals surface area (Å²) in [5.74, 6) is 2.48. The molecule has 0 atom stereocenters. The molecule has 0 amide bonds. The van der Waals surface area contributed by atoms with Crippen molar-refractivity contribution in [3.05, 3.63) is 151 Å². The largest absolute Gasteiger partial charge is 0.226 e. The van der Waals surface area contributed by atoms with Crippen molar-refractivity contribution in [3.8, 4) is 62.9 Å². The number of thiophene rings is 2. The minimum absolute atomic E-state index is 0.581. The number of hydrogen-bond acceptors (Lipinski definition) is 8. The Morgan fingerprint density at radius 3 is 1.75 bits per heavy atom. The van der Waals surface area contributed by atoms with Crippen LogP contribution in [0.2, 0.25) is 0 Å². The van der Waals surface area contributed by atoms with E-state index in [0.717, 1.165) is 74.0 Å².